The largest absolute Gasteiger partial charge is 0.314 e. The van der Waals surface area contributed by atoms with Crippen LogP contribution < -0.4 is 5.32 Å². The van der Waals surface area contributed by atoms with Crippen LogP contribution >= 0.6 is 0 Å². The van der Waals surface area contributed by atoms with Crippen molar-refractivity contribution in [2.45, 2.75) is 78.2 Å². The Hall–Kier alpha value is -0.0400. The zero-order chi connectivity index (χ0) is 11.1. The Kier molecular flexibility index (Phi) is 5.66. The van der Waals surface area contributed by atoms with Gasteiger partial charge in [-0.2, -0.15) is 0 Å². The molecule has 0 saturated heterocycles. The zero-order valence-corrected chi connectivity index (χ0v) is 10.9. The summed E-state index contributed by atoms with van der Waals surface area (Å²) in [5.74, 6) is 0. The molecule has 1 nitrogen and oxygen atoms in total. The second-order valence-electron chi connectivity index (χ2n) is 5.80. The van der Waals surface area contributed by atoms with Gasteiger partial charge in [-0.15, -0.1) is 0 Å². The van der Waals surface area contributed by atoms with Crippen molar-refractivity contribution >= 4 is 0 Å². The van der Waals surface area contributed by atoms with Gasteiger partial charge < -0.3 is 5.32 Å². The van der Waals surface area contributed by atoms with E-state index in [0.29, 0.717) is 11.5 Å². The van der Waals surface area contributed by atoms with Gasteiger partial charge in [0.2, 0.25) is 0 Å². The second-order valence-corrected chi connectivity index (χ2v) is 5.80. The van der Waals surface area contributed by atoms with Crippen LogP contribution in [0.5, 0.6) is 0 Å². The second kappa shape index (κ2) is 6.52. The van der Waals surface area contributed by atoms with Crippen molar-refractivity contribution in [2.24, 2.45) is 5.41 Å². The van der Waals surface area contributed by atoms with Crippen molar-refractivity contribution in [1.29, 1.82) is 0 Å². The fraction of sp³-hybridized carbons (Fsp3) is 1.00. The van der Waals surface area contributed by atoms with Crippen molar-refractivity contribution in [3.8, 4) is 0 Å². The van der Waals surface area contributed by atoms with E-state index in [1.54, 1.807) is 0 Å². The SMILES string of the molecule is CCCCC(C)NCC1(C)CCCCC1. The minimum absolute atomic E-state index is 0.596. The average molecular weight is 211 g/mol. The topological polar surface area (TPSA) is 12.0 Å². The molecule has 1 aliphatic carbocycles. The van der Waals surface area contributed by atoms with Gasteiger partial charge in [0.1, 0.15) is 0 Å². The highest BCUT2D eigenvalue weighted by Crippen LogP contribution is 2.35. The van der Waals surface area contributed by atoms with Crippen LogP contribution in [0, 0.1) is 5.41 Å². The van der Waals surface area contributed by atoms with Crippen molar-refractivity contribution in [2.75, 3.05) is 6.54 Å². The molecule has 0 spiro atoms. The van der Waals surface area contributed by atoms with Crippen molar-refractivity contribution in [3.05, 3.63) is 0 Å². The van der Waals surface area contributed by atoms with E-state index in [9.17, 15) is 0 Å². The van der Waals surface area contributed by atoms with Gasteiger partial charge in [-0.25, -0.2) is 0 Å². The van der Waals surface area contributed by atoms with Crippen molar-refractivity contribution in [3.63, 3.8) is 0 Å². The summed E-state index contributed by atoms with van der Waals surface area (Å²) in [7, 11) is 0. The molecule has 1 atom stereocenters. The van der Waals surface area contributed by atoms with E-state index >= 15 is 0 Å². The van der Waals surface area contributed by atoms with Crippen LogP contribution in [0.15, 0.2) is 0 Å². The smallest absolute Gasteiger partial charge is 0.00389 e. The van der Waals surface area contributed by atoms with Crippen LogP contribution in [0.3, 0.4) is 0 Å². The Labute approximate surface area is 96.0 Å². The van der Waals surface area contributed by atoms with Gasteiger partial charge in [-0.05, 0) is 31.6 Å². The van der Waals surface area contributed by atoms with E-state index in [-0.39, 0.29) is 0 Å². The predicted octanol–water partition coefficient (Wildman–Crippen LogP) is 4.13. The van der Waals surface area contributed by atoms with Crippen LogP contribution in [0.2, 0.25) is 0 Å². The quantitative estimate of drug-likeness (QED) is 0.696. The number of unbranched alkanes of at least 4 members (excludes halogenated alkanes) is 1. The first-order valence-corrected chi connectivity index (χ1v) is 6.90. The number of nitrogens with one attached hydrogen (secondary N) is 1. The minimum Gasteiger partial charge on any atom is -0.314 e. The molecule has 1 saturated carbocycles. The fourth-order valence-corrected chi connectivity index (χ4v) is 2.62. The normalized spacial score (nSPS) is 22.6. The molecule has 0 aromatic rings. The van der Waals surface area contributed by atoms with Gasteiger partial charge in [0.05, 0.1) is 0 Å². The maximum absolute atomic E-state index is 3.73. The molecule has 0 aromatic heterocycles. The van der Waals surface area contributed by atoms with Gasteiger partial charge in [0.15, 0.2) is 0 Å². The summed E-state index contributed by atoms with van der Waals surface area (Å²) in [6.45, 7) is 8.31. The Morgan fingerprint density at radius 2 is 1.87 bits per heavy atom. The number of hydrogen-bond donors (Lipinski definition) is 1. The Morgan fingerprint density at radius 1 is 1.20 bits per heavy atom. The Morgan fingerprint density at radius 3 is 2.47 bits per heavy atom. The van der Waals surface area contributed by atoms with Gasteiger partial charge in [-0.1, -0.05) is 46.0 Å². The Balaban J connectivity index is 2.16. The van der Waals surface area contributed by atoms with Gasteiger partial charge >= 0.3 is 0 Å². The van der Waals surface area contributed by atoms with Crippen LogP contribution in [-0.4, -0.2) is 12.6 Å². The van der Waals surface area contributed by atoms with Gasteiger partial charge in [0, 0.05) is 12.6 Å². The number of rotatable bonds is 6. The first-order chi connectivity index (χ1) is 7.16. The highest BCUT2D eigenvalue weighted by atomic mass is 14.9. The summed E-state index contributed by atoms with van der Waals surface area (Å²) in [4.78, 5) is 0. The zero-order valence-electron chi connectivity index (χ0n) is 10.9. The van der Waals surface area contributed by atoms with E-state index in [4.69, 9.17) is 0 Å². The molecule has 0 amide bonds. The molecular formula is C14H29N. The summed E-state index contributed by atoms with van der Waals surface area (Å²) in [5, 5.41) is 3.73. The number of hydrogen-bond acceptors (Lipinski definition) is 1. The van der Waals surface area contributed by atoms with E-state index in [2.05, 4.69) is 26.1 Å². The van der Waals surface area contributed by atoms with Crippen LogP contribution in [0.25, 0.3) is 0 Å². The van der Waals surface area contributed by atoms with Crippen molar-refractivity contribution in [1.82, 2.24) is 5.32 Å². The lowest BCUT2D eigenvalue weighted by Crippen LogP contribution is -2.38. The van der Waals surface area contributed by atoms with Gasteiger partial charge in [0.25, 0.3) is 0 Å². The van der Waals surface area contributed by atoms with E-state index in [1.807, 2.05) is 0 Å². The lowest BCUT2D eigenvalue weighted by atomic mass is 9.75. The molecule has 0 aromatic carbocycles. The molecule has 0 radical (unpaired) electrons. The highest BCUT2D eigenvalue weighted by Gasteiger charge is 2.26. The fourth-order valence-electron chi connectivity index (χ4n) is 2.62. The molecule has 1 fully saturated rings. The van der Waals surface area contributed by atoms with Crippen LogP contribution in [-0.2, 0) is 0 Å². The van der Waals surface area contributed by atoms with Crippen LogP contribution in [0.4, 0.5) is 0 Å². The molecule has 1 heteroatoms. The monoisotopic (exact) mass is 211 g/mol. The summed E-state index contributed by atoms with van der Waals surface area (Å²) >= 11 is 0. The maximum atomic E-state index is 3.73. The summed E-state index contributed by atoms with van der Waals surface area (Å²) in [5.41, 5.74) is 0.596. The summed E-state index contributed by atoms with van der Waals surface area (Å²) in [6.07, 6.45) is 11.2. The molecule has 1 rings (SSSR count). The molecule has 1 unspecified atom stereocenters. The first kappa shape index (κ1) is 13.0. The Bertz CT molecular complexity index is 159. The lowest BCUT2D eigenvalue weighted by molar-refractivity contribution is 0.200. The van der Waals surface area contributed by atoms with E-state index in [0.717, 1.165) is 0 Å². The third-order valence-corrected chi connectivity index (χ3v) is 3.93. The predicted molar refractivity (Wildman–Crippen MR) is 68.2 cm³/mol. The molecule has 1 N–H and O–H groups in total. The molecule has 15 heavy (non-hydrogen) atoms. The third kappa shape index (κ3) is 5.01. The highest BCUT2D eigenvalue weighted by molar-refractivity contribution is 4.81. The molecule has 90 valence electrons. The standard InChI is InChI=1S/C14H29N/c1-4-5-9-13(2)15-12-14(3)10-7-6-8-11-14/h13,15H,4-12H2,1-3H3. The van der Waals surface area contributed by atoms with Crippen LogP contribution in [0.1, 0.15) is 72.1 Å². The van der Waals surface area contributed by atoms with Gasteiger partial charge in [-0.3, -0.25) is 0 Å². The third-order valence-electron chi connectivity index (χ3n) is 3.93. The summed E-state index contributed by atoms with van der Waals surface area (Å²) in [6, 6.07) is 0.712. The summed E-state index contributed by atoms with van der Waals surface area (Å²) < 4.78 is 0. The molecular weight excluding hydrogens is 182 g/mol. The molecule has 0 heterocycles. The van der Waals surface area contributed by atoms with E-state index in [1.165, 1.54) is 57.9 Å². The van der Waals surface area contributed by atoms with E-state index < -0.39 is 0 Å². The molecule has 1 aliphatic rings. The molecule has 0 bridgehead atoms. The lowest BCUT2D eigenvalue weighted by Gasteiger charge is -2.35. The minimum atomic E-state index is 0.596. The average Bonchev–Trinajstić information content (AvgIpc) is 2.25. The maximum Gasteiger partial charge on any atom is 0.00389 e. The molecule has 0 aliphatic heterocycles. The first-order valence-electron chi connectivity index (χ1n) is 6.90. The van der Waals surface area contributed by atoms with Crippen molar-refractivity contribution < 1.29 is 0 Å².